The molecule has 1 fully saturated rings. The van der Waals surface area contributed by atoms with Crippen molar-refractivity contribution >= 4 is 0 Å². The minimum absolute atomic E-state index is 0.0773. The number of aryl methyl sites for hydroxylation is 1. The van der Waals surface area contributed by atoms with Gasteiger partial charge in [-0.1, -0.05) is 25.3 Å². The lowest BCUT2D eigenvalue weighted by Gasteiger charge is -2.46. The van der Waals surface area contributed by atoms with Crippen LogP contribution in [0.4, 0.5) is 4.39 Å². The topological polar surface area (TPSA) is 26.0 Å². The maximum absolute atomic E-state index is 13.5. The molecule has 1 saturated carbocycles. The monoisotopic (exact) mass is 233 g/mol. The van der Waals surface area contributed by atoms with Crippen molar-refractivity contribution in [2.45, 2.75) is 56.4 Å². The van der Waals surface area contributed by atoms with Crippen LogP contribution in [-0.2, 0) is 11.8 Å². The van der Waals surface area contributed by atoms with Crippen LogP contribution in [0.3, 0.4) is 0 Å². The highest BCUT2D eigenvalue weighted by molar-refractivity contribution is 5.39. The summed E-state index contributed by atoms with van der Waals surface area (Å²) in [6.45, 7) is 0. The molecule has 17 heavy (non-hydrogen) atoms. The summed E-state index contributed by atoms with van der Waals surface area (Å²) < 4.78 is 13.5. The number of hydrogen-bond donors (Lipinski definition) is 1. The Morgan fingerprint density at radius 3 is 2.71 bits per heavy atom. The Bertz CT molecular complexity index is 421. The third-order valence-electron chi connectivity index (χ3n) is 4.79. The lowest BCUT2D eigenvalue weighted by atomic mass is 9.60. The Labute approximate surface area is 102 Å². The van der Waals surface area contributed by atoms with E-state index in [-0.39, 0.29) is 17.3 Å². The molecule has 1 spiro atoms. The summed E-state index contributed by atoms with van der Waals surface area (Å²) in [4.78, 5) is 0. The van der Waals surface area contributed by atoms with E-state index >= 15 is 0 Å². The van der Waals surface area contributed by atoms with Crippen molar-refractivity contribution in [1.29, 1.82) is 0 Å². The van der Waals surface area contributed by atoms with Crippen molar-refractivity contribution in [3.8, 4) is 0 Å². The standard InChI is InChI=1S/C15H20FN/c16-12-6-4-11-5-7-14(17)15(13(11)10-12)8-2-1-3-9-15/h4,6,10,14H,1-3,5,7-9,17H2. The molecule has 1 nitrogen and oxygen atoms in total. The van der Waals surface area contributed by atoms with Crippen LogP contribution in [0.2, 0.25) is 0 Å². The molecule has 0 amide bonds. The second-order valence-corrected chi connectivity index (χ2v) is 5.66. The van der Waals surface area contributed by atoms with E-state index in [0.29, 0.717) is 0 Å². The van der Waals surface area contributed by atoms with Crippen molar-refractivity contribution in [3.63, 3.8) is 0 Å². The van der Waals surface area contributed by atoms with Gasteiger partial charge in [-0.3, -0.25) is 0 Å². The average Bonchev–Trinajstić information content (AvgIpc) is 2.36. The van der Waals surface area contributed by atoms with Gasteiger partial charge in [0.1, 0.15) is 5.82 Å². The van der Waals surface area contributed by atoms with Gasteiger partial charge in [-0.05, 0) is 48.9 Å². The lowest BCUT2D eigenvalue weighted by molar-refractivity contribution is 0.220. The van der Waals surface area contributed by atoms with Crippen molar-refractivity contribution in [2.75, 3.05) is 0 Å². The molecule has 0 aromatic heterocycles. The summed E-state index contributed by atoms with van der Waals surface area (Å²) in [5.74, 6) is -0.109. The minimum atomic E-state index is -0.109. The van der Waals surface area contributed by atoms with Crippen molar-refractivity contribution in [3.05, 3.63) is 35.1 Å². The quantitative estimate of drug-likeness (QED) is 0.731. The minimum Gasteiger partial charge on any atom is -0.327 e. The Morgan fingerprint density at radius 2 is 1.94 bits per heavy atom. The van der Waals surface area contributed by atoms with Gasteiger partial charge in [-0.2, -0.15) is 0 Å². The molecule has 3 rings (SSSR count). The Kier molecular flexibility index (Phi) is 2.70. The van der Waals surface area contributed by atoms with Gasteiger partial charge in [-0.15, -0.1) is 0 Å². The predicted molar refractivity (Wildman–Crippen MR) is 67.5 cm³/mol. The molecular formula is C15H20FN. The Balaban J connectivity index is 2.11. The first-order valence-corrected chi connectivity index (χ1v) is 6.77. The van der Waals surface area contributed by atoms with Crippen LogP contribution in [0.15, 0.2) is 18.2 Å². The lowest BCUT2D eigenvalue weighted by Crippen LogP contribution is -2.50. The van der Waals surface area contributed by atoms with Gasteiger partial charge in [0, 0.05) is 11.5 Å². The fourth-order valence-corrected chi connectivity index (χ4v) is 3.84. The maximum Gasteiger partial charge on any atom is 0.123 e. The number of benzene rings is 1. The van der Waals surface area contributed by atoms with Crippen molar-refractivity contribution in [1.82, 2.24) is 0 Å². The normalized spacial score (nSPS) is 26.8. The fourth-order valence-electron chi connectivity index (χ4n) is 3.84. The van der Waals surface area contributed by atoms with Crippen LogP contribution >= 0.6 is 0 Å². The van der Waals surface area contributed by atoms with Gasteiger partial charge in [0.15, 0.2) is 0 Å². The molecule has 0 radical (unpaired) electrons. The molecule has 1 atom stereocenters. The van der Waals surface area contributed by atoms with Crippen LogP contribution in [0.25, 0.3) is 0 Å². The van der Waals surface area contributed by atoms with E-state index in [4.69, 9.17) is 5.73 Å². The number of fused-ring (bicyclic) bond motifs is 2. The molecule has 0 heterocycles. The molecule has 92 valence electrons. The first-order chi connectivity index (χ1) is 8.22. The molecule has 2 aliphatic rings. The predicted octanol–water partition coefficient (Wildman–Crippen LogP) is 3.30. The van der Waals surface area contributed by atoms with Crippen LogP contribution < -0.4 is 5.73 Å². The highest BCUT2D eigenvalue weighted by Crippen LogP contribution is 2.46. The summed E-state index contributed by atoms with van der Waals surface area (Å²) >= 11 is 0. The van der Waals surface area contributed by atoms with E-state index in [1.54, 1.807) is 12.1 Å². The van der Waals surface area contributed by atoms with Gasteiger partial charge in [0.05, 0.1) is 0 Å². The SMILES string of the molecule is NC1CCc2ccc(F)cc2C12CCCCC2. The largest absolute Gasteiger partial charge is 0.327 e. The summed E-state index contributed by atoms with van der Waals surface area (Å²) in [5, 5.41) is 0. The van der Waals surface area contributed by atoms with Crippen molar-refractivity contribution < 1.29 is 4.39 Å². The Hall–Kier alpha value is -0.890. The summed E-state index contributed by atoms with van der Waals surface area (Å²) in [5.41, 5.74) is 9.01. The molecule has 2 N–H and O–H groups in total. The number of rotatable bonds is 0. The maximum atomic E-state index is 13.5. The molecular weight excluding hydrogens is 213 g/mol. The molecule has 0 aliphatic heterocycles. The van der Waals surface area contributed by atoms with Crippen LogP contribution in [0.1, 0.15) is 49.7 Å². The van der Waals surface area contributed by atoms with E-state index < -0.39 is 0 Å². The zero-order valence-corrected chi connectivity index (χ0v) is 10.2. The summed E-state index contributed by atoms with van der Waals surface area (Å²) in [7, 11) is 0. The van der Waals surface area contributed by atoms with Crippen molar-refractivity contribution in [2.24, 2.45) is 5.73 Å². The zero-order valence-electron chi connectivity index (χ0n) is 10.2. The first-order valence-electron chi connectivity index (χ1n) is 6.77. The molecule has 1 unspecified atom stereocenters. The highest BCUT2D eigenvalue weighted by Gasteiger charge is 2.43. The van der Waals surface area contributed by atoms with Crippen LogP contribution in [0.5, 0.6) is 0 Å². The third kappa shape index (κ3) is 1.70. The van der Waals surface area contributed by atoms with Gasteiger partial charge in [0.25, 0.3) is 0 Å². The van der Waals surface area contributed by atoms with Crippen LogP contribution in [-0.4, -0.2) is 6.04 Å². The van der Waals surface area contributed by atoms with E-state index in [9.17, 15) is 4.39 Å². The Morgan fingerprint density at radius 1 is 1.18 bits per heavy atom. The molecule has 2 aliphatic carbocycles. The molecule has 1 aromatic rings. The van der Waals surface area contributed by atoms with E-state index in [1.807, 2.05) is 6.07 Å². The van der Waals surface area contributed by atoms with Gasteiger partial charge in [0.2, 0.25) is 0 Å². The van der Waals surface area contributed by atoms with E-state index in [2.05, 4.69) is 0 Å². The number of nitrogens with two attached hydrogens (primary N) is 1. The van der Waals surface area contributed by atoms with Gasteiger partial charge < -0.3 is 5.73 Å². The summed E-state index contributed by atoms with van der Waals surface area (Å²) in [6, 6.07) is 5.52. The third-order valence-corrected chi connectivity index (χ3v) is 4.79. The van der Waals surface area contributed by atoms with Gasteiger partial charge in [-0.25, -0.2) is 4.39 Å². The second-order valence-electron chi connectivity index (χ2n) is 5.66. The molecule has 0 bridgehead atoms. The summed E-state index contributed by atoms with van der Waals surface area (Å²) in [6.07, 6.45) is 8.14. The van der Waals surface area contributed by atoms with E-state index in [0.717, 1.165) is 25.7 Å². The molecule has 1 aromatic carbocycles. The number of halogens is 1. The van der Waals surface area contributed by atoms with Crippen LogP contribution in [0, 0.1) is 5.82 Å². The van der Waals surface area contributed by atoms with Gasteiger partial charge >= 0.3 is 0 Å². The first kappa shape index (κ1) is 11.2. The second kappa shape index (κ2) is 4.09. The average molecular weight is 233 g/mol. The zero-order chi connectivity index (χ0) is 11.9. The smallest absolute Gasteiger partial charge is 0.123 e. The highest BCUT2D eigenvalue weighted by atomic mass is 19.1. The van der Waals surface area contributed by atoms with E-state index in [1.165, 1.54) is 30.4 Å². The molecule has 2 heteroatoms. The fraction of sp³-hybridized carbons (Fsp3) is 0.600. The molecule has 0 saturated heterocycles. The number of hydrogen-bond acceptors (Lipinski definition) is 1.